The zero-order valence-electron chi connectivity index (χ0n) is 10.2. The normalized spacial score (nSPS) is 23.1. The van der Waals surface area contributed by atoms with E-state index in [9.17, 15) is 13.6 Å². The molecule has 1 atom stereocenters. The summed E-state index contributed by atoms with van der Waals surface area (Å²) in [4.78, 5) is 12.2. The molecule has 0 bridgehead atoms. The molecule has 0 aromatic heterocycles. The fourth-order valence-electron chi connectivity index (χ4n) is 2.31. The lowest BCUT2D eigenvalue weighted by atomic mass is 9.93. The minimum atomic E-state index is -0.757. The third kappa shape index (κ3) is 2.22. The van der Waals surface area contributed by atoms with Crippen LogP contribution in [0.2, 0.25) is 0 Å². The highest BCUT2D eigenvalue weighted by Gasteiger charge is 2.39. The van der Waals surface area contributed by atoms with Crippen LogP contribution in [-0.4, -0.2) is 18.0 Å². The Morgan fingerprint density at radius 3 is 2.61 bits per heavy atom. The van der Waals surface area contributed by atoms with Gasteiger partial charge in [0.05, 0.1) is 5.54 Å². The first-order valence-corrected chi connectivity index (χ1v) is 6.09. The molecule has 0 aliphatic carbocycles. The molecule has 98 valence electrons. The number of nitrogens with one attached hydrogen (secondary N) is 2. The molecule has 1 aromatic carbocycles. The van der Waals surface area contributed by atoms with E-state index in [1.807, 2.05) is 6.92 Å². The molecule has 1 heterocycles. The highest BCUT2D eigenvalue weighted by atomic mass is 19.1. The molecule has 2 rings (SSSR count). The maximum Gasteiger partial charge on any atom is 0.244 e. The van der Waals surface area contributed by atoms with Gasteiger partial charge in [-0.2, -0.15) is 0 Å². The molecule has 1 unspecified atom stereocenters. The molecule has 2 N–H and O–H groups in total. The third-order valence-electron chi connectivity index (χ3n) is 3.48. The third-order valence-corrected chi connectivity index (χ3v) is 3.48. The fraction of sp³-hybridized carbons (Fsp3) is 0.462. The van der Waals surface area contributed by atoms with Crippen LogP contribution in [-0.2, 0) is 4.79 Å². The van der Waals surface area contributed by atoms with Gasteiger partial charge in [0.1, 0.15) is 17.3 Å². The van der Waals surface area contributed by atoms with Gasteiger partial charge in [0.15, 0.2) is 0 Å². The molecule has 5 heteroatoms. The summed E-state index contributed by atoms with van der Waals surface area (Å²) in [5.74, 6) is -1.88. The summed E-state index contributed by atoms with van der Waals surface area (Å²) in [6.45, 7) is 2.64. The van der Waals surface area contributed by atoms with Gasteiger partial charge in [0.25, 0.3) is 0 Å². The van der Waals surface area contributed by atoms with Crippen LogP contribution < -0.4 is 10.6 Å². The van der Waals surface area contributed by atoms with Crippen LogP contribution >= 0.6 is 0 Å². The van der Waals surface area contributed by atoms with Gasteiger partial charge in [0, 0.05) is 0 Å². The molecule has 1 amide bonds. The molecule has 0 radical (unpaired) electrons. The van der Waals surface area contributed by atoms with Gasteiger partial charge < -0.3 is 10.6 Å². The standard InChI is InChI=1S/C13H16F2N2O/c1-2-13(7-4-8-16-13)12(18)17-11-9(14)5-3-6-10(11)15/h3,5-6,16H,2,4,7-8H2,1H3,(H,17,18). The molecular formula is C13H16F2N2O. The Labute approximate surface area is 105 Å². The van der Waals surface area contributed by atoms with E-state index in [1.165, 1.54) is 6.07 Å². The summed E-state index contributed by atoms with van der Waals surface area (Å²) < 4.78 is 26.9. The Balaban J connectivity index is 2.21. The molecule has 3 nitrogen and oxygen atoms in total. The maximum atomic E-state index is 13.5. The second-order valence-electron chi connectivity index (χ2n) is 4.52. The monoisotopic (exact) mass is 254 g/mol. The number of benzene rings is 1. The van der Waals surface area contributed by atoms with Crippen LogP contribution in [0.5, 0.6) is 0 Å². The molecule has 1 fully saturated rings. The van der Waals surface area contributed by atoms with Gasteiger partial charge in [-0.3, -0.25) is 4.79 Å². The number of hydrogen-bond acceptors (Lipinski definition) is 2. The molecule has 0 saturated carbocycles. The van der Waals surface area contributed by atoms with E-state index in [0.717, 1.165) is 25.1 Å². The second kappa shape index (κ2) is 5.02. The first kappa shape index (κ1) is 13.0. The van der Waals surface area contributed by atoms with Crippen LogP contribution in [0.1, 0.15) is 26.2 Å². The molecular weight excluding hydrogens is 238 g/mol. The Morgan fingerprint density at radius 2 is 2.11 bits per heavy atom. The van der Waals surface area contributed by atoms with E-state index in [1.54, 1.807) is 0 Å². The summed E-state index contributed by atoms with van der Waals surface area (Å²) in [5.41, 5.74) is -1.07. The average molecular weight is 254 g/mol. The largest absolute Gasteiger partial charge is 0.320 e. The summed E-state index contributed by atoms with van der Waals surface area (Å²) in [6.07, 6.45) is 2.17. The predicted molar refractivity (Wildman–Crippen MR) is 65.2 cm³/mol. The Morgan fingerprint density at radius 1 is 1.44 bits per heavy atom. The van der Waals surface area contributed by atoms with Crippen molar-refractivity contribution in [2.75, 3.05) is 11.9 Å². The number of anilines is 1. The minimum Gasteiger partial charge on any atom is -0.320 e. The van der Waals surface area contributed by atoms with E-state index in [0.29, 0.717) is 12.8 Å². The van der Waals surface area contributed by atoms with E-state index in [4.69, 9.17) is 0 Å². The Bertz CT molecular complexity index is 436. The topological polar surface area (TPSA) is 41.1 Å². The van der Waals surface area contributed by atoms with Crippen LogP contribution in [0.15, 0.2) is 18.2 Å². The summed E-state index contributed by atoms with van der Waals surface area (Å²) >= 11 is 0. The van der Waals surface area contributed by atoms with Crippen molar-refractivity contribution < 1.29 is 13.6 Å². The molecule has 1 aromatic rings. The molecule has 1 aliphatic heterocycles. The average Bonchev–Trinajstić information content (AvgIpc) is 2.84. The van der Waals surface area contributed by atoms with Crippen molar-refractivity contribution >= 4 is 11.6 Å². The van der Waals surface area contributed by atoms with E-state index in [2.05, 4.69) is 10.6 Å². The van der Waals surface area contributed by atoms with Gasteiger partial charge in [0.2, 0.25) is 5.91 Å². The molecule has 18 heavy (non-hydrogen) atoms. The number of rotatable bonds is 3. The van der Waals surface area contributed by atoms with Crippen molar-refractivity contribution in [3.05, 3.63) is 29.8 Å². The van der Waals surface area contributed by atoms with Crippen molar-refractivity contribution in [1.82, 2.24) is 5.32 Å². The zero-order chi connectivity index (χ0) is 13.2. The second-order valence-corrected chi connectivity index (χ2v) is 4.52. The van der Waals surface area contributed by atoms with Gasteiger partial charge in [-0.25, -0.2) is 8.78 Å². The highest BCUT2D eigenvalue weighted by molar-refractivity contribution is 5.98. The lowest BCUT2D eigenvalue weighted by molar-refractivity contribution is -0.122. The smallest absolute Gasteiger partial charge is 0.244 e. The van der Waals surface area contributed by atoms with Gasteiger partial charge >= 0.3 is 0 Å². The van der Waals surface area contributed by atoms with Gasteiger partial charge in [-0.05, 0) is 37.9 Å². The fourth-order valence-corrected chi connectivity index (χ4v) is 2.31. The first-order chi connectivity index (χ1) is 8.59. The zero-order valence-corrected chi connectivity index (χ0v) is 10.2. The lowest BCUT2D eigenvalue weighted by Crippen LogP contribution is -2.50. The van der Waals surface area contributed by atoms with Gasteiger partial charge in [-0.15, -0.1) is 0 Å². The number of halogens is 2. The number of carbonyl (C=O) groups excluding carboxylic acids is 1. The number of carbonyl (C=O) groups is 1. The van der Waals surface area contributed by atoms with E-state index in [-0.39, 0.29) is 11.6 Å². The van der Waals surface area contributed by atoms with Crippen molar-refractivity contribution in [1.29, 1.82) is 0 Å². The minimum absolute atomic E-state index is 0.369. The van der Waals surface area contributed by atoms with Crippen LogP contribution in [0.25, 0.3) is 0 Å². The van der Waals surface area contributed by atoms with E-state index >= 15 is 0 Å². The first-order valence-electron chi connectivity index (χ1n) is 6.09. The van der Waals surface area contributed by atoms with Crippen molar-refractivity contribution in [3.8, 4) is 0 Å². The highest BCUT2D eigenvalue weighted by Crippen LogP contribution is 2.26. The van der Waals surface area contributed by atoms with Crippen molar-refractivity contribution in [2.24, 2.45) is 0 Å². The summed E-state index contributed by atoms with van der Waals surface area (Å²) in [5, 5.41) is 5.48. The van der Waals surface area contributed by atoms with Crippen LogP contribution in [0.3, 0.4) is 0 Å². The number of amides is 1. The maximum absolute atomic E-state index is 13.5. The Hall–Kier alpha value is -1.49. The van der Waals surface area contributed by atoms with Gasteiger partial charge in [-0.1, -0.05) is 13.0 Å². The molecule has 1 saturated heterocycles. The van der Waals surface area contributed by atoms with Crippen molar-refractivity contribution in [3.63, 3.8) is 0 Å². The van der Waals surface area contributed by atoms with E-state index < -0.39 is 17.2 Å². The van der Waals surface area contributed by atoms with Crippen molar-refractivity contribution in [2.45, 2.75) is 31.7 Å². The van der Waals surface area contributed by atoms with Crippen LogP contribution in [0, 0.1) is 11.6 Å². The van der Waals surface area contributed by atoms with Crippen LogP contribution in [0.4, 0.5) is 14.5 Å². The summed E-state index contributed by atoms with van der Waals surface area (Å²) in [7, 11) is 0. The summed E-state index contributed by atoms with van der Waals surface area (Å²) in [6, 6.07) is 3.52. The molecule has 0 spiro atoms. The molecule has 1 aliphatic rings. The lowest BCUT2D eigenvalue weighted by Gasteiger charge is -2.26. The Kier molecular flexibility index (Phi) is 3.61. The number of para-hydroxylation sites is 1. The quantitative estimate of drug-likeness (QED) is 0.869. The predicted octanol–water partition coefficient (Wildman–Crippen LogP) is 2.44. The number of hydrogen-bond donors (Lipinski definition) is 2. The SMILES string of the molecule is CCC1(C(=O)Nc2c(F)cccc2F)CCCN1.